The zero-order chi connectivity index (χ0) is 20.3. The lowest BCUT2D eigenvalue weighted by molar-refractivity contribution is 0.355. The largest absolute Gasteiger partial charge is 0.387 e. The summed E-state index contributed by atoms with van der Waals surface area (Å²) in [5.41, 5.74) is 1.24. The van der Waals surface area contributed by atoms with Crippen LogP contribution in [-0.4, -0.2) is 33.5 Å². The van der Waals surface area contributed by atoms with Crippen LogP contribution in [0.25, 0.3) is 0 Å². The molecule has 1 aliphatic rings. The molecule has 7 nitrogen and oxygen atoms in total. The molecule has 0 amide bonds. The smallest absolute Gasteiger partial charge is 0.261 e. The molecule has 1 fully saturated rings. The highest BCUT2D eigenvalue weighted by atomic mass is 32.2. The van der Waals surface area contributed by atoms with Gasteiger partial charge in [-0.2, -0.15) is 5.26 Å². The Hall–Kier alpha value is -2.79. The van der Waals surface area contributed by atoms with Gasteiger partial charge in [-0.1, -0.05) is 13.8 Å². The third-order valence-corrected chi connectivity index (χ3v) is 6.26. The standard InChI is InChI=1S/C20H25N5O2S/c1-14-8-15(2)13-25(12-14)20-7-4-17(11-23-20)24-28(26,27)18-5-6-19(22-3)16(9-18)10-21/h4-7,9,11,14-15,22,24H,8,12-13H2,1-3H3/t14-,15-/m0/s1. The molecule has 1 aromatic heterocycles. The van der Waals surface area contributed by atoms with Crippen LogP contribution in [0.2, 0.25) is 0 Å². The molecular weight excluding hydrogens is 374 g/mol. The van der Waals surface area contributed by atoms with Crippen LogP contribution in [0.3, 0.4) is 0 Å². The lowest BCUT2D eigenvalue weighted by atomic mass is 9.92. The Labute approximate surface area is 166 Å². The molecule has 0 bridgehead atoms. The van der Waals surface area contributed by atoms with E-state index >= 15 is 0 Å². The third kappa shape index (κ3) is 4.37. The Morgan fingerprint density at radius 2 is 1.89 bits per heavy atom. The second kappa shape index (κ2) is 8.07. The van der Waals surface area contributed by atoms with Crippen molar-refractivity contribution in [3.8, 4) is 6.07 Å². The van der Waals surface area contributed by atoms with Crippen LogP contribution >= 0.6 is 0 Å². The van der Waals surface area contributed by atoms with Crippen molar-refractivity contribution in [1.29, 1.82) is 5.26 Å². The first-order valence-corrected chi connectivity index (χ1v) is 10.8. The van der Waals surface area contributed by atoms with Gasteiger partial charge in [-0.05, 0) is 48.6 Å². The molecule has 8 heteroatoms. The fraction of sp³-hybridized carbons (Fsp3) is 0.400. The van der Waals surface area contributed by atoms with Crippen molar-refractivity contribution in [3.05, 3.63) is 42.1 Å². The average Bonchev–Trinajstić information content (AvgIpc) is 2.67. The van der Waals surface area contributed by atoms with Gasteiger partial charge >= 0.3 is 0 Å². The number of anilines is 3. The molecule has 3 rings (SSSR count). The first-order chi connectivity index (χ1) is 13.3. The van der Waals surface area contributed by atoms with Gasteiger partial charge in [0.1, 0.15) is 11.9 Å². The van der Waals surface area contributed by atoms with Crippen molar-refractivity contribution >= 4 is 27.2 Å². The first kappa shape index (κ1) is 20.0. The highest BCUT2D eigenvalue weighted by Gasteiger charge is 2.23. The van der Waals surface area contributed by atoms with Crippen molar-refractivity contribution in [2.24, 2.45) is 11.8 Å². The van der Waals surface area contributed by atoms with Gasteiger partial charge < -0.3 is 10.2 Å². The fourth-order valence-corrected chi connectivity index (χ4v) is 4.77. The van der Waals surface area contributed by atoms with E-state index in [0.29, 0.717) is 23.2 Å². The Morgan fingerprint density at radius 3 is 2.46 bits per heavy atom. The Balaban J connectivity index is 1.77. The maximum absolute atomic E-state index is 12.7. The fourth-order valence-electron chi connectivity index (χ4n) is 3.70. The maximum Gasteiger partial charge on any atom is 0.261 e. The summed E-state index contributed by atoms with van der Waals surface area (Å²) in [6.45, 7) is 6.38. The monoisotopic (exact) mass is 399 g/mol. The number of rotatable bonds is 5. The average molecular weight is 400 g/mol. The molecule has 2 aromatic rings. The van der Waals surface area contributed by atoms with E-state index in [2.05, 4.69) is 33.8 Å². The molecule has 0 aliphatic carbocycles. The number of nitrogens with zero attached hydrogens (tertiary/aromatic N) is 3. The van der Waals surface area contributed by atoms with E-state index in [1.807, 2.05) is 12.1 Å². The number of pyridine rings is 1. The normalized spacial score (nSPS) is 19.7. The van der Waals surface area contributed by atoms with Crippen molar-refractivity contribution < 1.29 is 8.42 Å². The van der Waals surface area contributed by atoms with Gasteiger partial charge in [0.25, 0.3) is 10.0 Å². The summed E-state index contributed by atoms with van der Waals surface area (Å²) in [7, 11) is -2.13. The lowest BCUT2D eigenvalue weighted by Gasteiger charge is -2.35. The number of aromatic nitrogens is 1. The number of nitrogens with one attached hydrogen (secondary N) is 2. The summed E-state index contributed by atoms with van der Waals surface area (Å²) in [5.74, 6) is 2.07. The molecular formula is C20H25N5O2S. The second-order valence-electron chi connectivity index (χ2n) is 7.43. The molecule has 2 heterocycles. The van der Waals surface area contributed by atoms with E-state index in [4.69, 9.17) is 0 Å². The summed E-state index contributed by atoms with van der Waals surface area (Å²) in [4.78, 5) is 6.72. The van der Waals surface area contributed by atoms with Crippen LogP contribution in [0.5, 0.6) is 0 Å². The molecule has 0 unspecified atom stereocenters. The molecule has 1 aliphatic heterocycles. The summed E-state index contributed by atoms with van der Waals surface area (Å²) in [5, 5.41) is 12.1. The van der Waals surface area contributed by atoms with Gasteiger partial charge in [-0.3, -0.25) is 4.72 Å². The van der Waals surface area contributed by atoms with Crippen LogP contribution in [-0.2, 0) is 10.0 Å². The highest BCUT2D eigenvalue weighted by Crippen LogP contribution is 2.26. The molecule has 0 saturated carbocycles. The van der Waals surface area contributed by atoms with Crippen LogP contribution < -0.4 is 14.9 Å². The summed E-state index contributed by atoms with van der Waals surface area (Å²) < 4.78 is 27.9. The Bertz CT molecular complexity index is 973. The summed E-state index contributed by atoms with van der Waals surface area (Å²) in [6.07, 6.45) is 2.75. The van der Waals surface area contributed by atoms with Crippen molar-refractivity contribution in [2.75, 3.05) is 35.1 Å². The van der Waals surface area contributed by atoms with Crippen molar-refractivity contribution in [3.63, 3.8) is 0 Å². The van der Waals surface area contributed by atoms with Gasteiger partial charge in [0.05, 0.1) is 28.0 Å². The Kier molecular flexibility index (Phi) is 5.75. The van der Waals surface area contributed by atoms with Crippen LogP contribution in [0.1, 0.15) is 25.8 Å². The molecule has 1 saturated heterocycles. The minimum absolute atomic E-state index is 0.0332. The number of piperidine rings is 1. The van der Waals surface area contributed by atoms with E-state index in [1.165, 1.54) is 24.8 Å². The van der Waals surface area contributed by atoms with Gasteiger partial charge in [0.2, 0.25) is 0 Å². The number of benzene rings is 1. The first-order valence-electron chi connectivity index (χ1n) is 9.28. The summed E-state index contributed by atoms with van der Waals surface area (Å²) >= 11 is 0. The van der Waals surface area contributed by atoms with Gasteiger partial charge in [0.15, 0.2) is 0 Å². The zero-order valence-corrected chi connectivity index (χ0v) is 17.1. The number of hydrogen-bond acceptors (Lipinski definition) is 6. The zero-order valence-electron chi connectivity index (χ0n) is 16.3. The molecule has 2 atom stereocenters. The van der Waals surface area contributed by atoms with E-state index < -0.39 is 10.0 Å². The van der Waals surface area contributed by atoms with Crippen LogP contribution in [0.4, 0.5) is 17.2 Å². The third-order valence-electron chi connectivity index (χ3n) is 4.88. The van der Waals surface area contributed by atoms with Crippen molar-refractivity contribution in [1.82, 2.24) is 4.98 Å². The topological polar surface area (TPSA) is 98.1 Å². The second-order valence-corrected chi connectivity index (χ2v) is 9.11. The van der Waals surface area contributed by atoms with Crippen LogP contribution in [0.15, 0.2) is 41.4 Å². The molecule has 0 spiro atoms. The lowest BCUT2D eigenvalue weighted by Crippen LogP contribution is -2.39. The van der Waals surface area contributed by atoms with Gasteiger partial charge in [-0.25, -0.2) is 13.4 Å². The van der Waals surface area contributed by atoms with E-state index in [-0.39, 0.29) is 10.5 Å². The van der Waals surface area contributed by atoms with Gasteiger partial charge in [-0.15, -0.1) is 0 Å². The van der Waals surface area contributed by atoms with Gasteiger partial charge in [0, 0.05) is 20.1 Å². The Morgan fingerprint density at radius 1 is 1.18 bits per heavy atom. The SMILES string of the molecule is CNc1ccc(S(=O)(=O)Nc2ccc(N3C[C@@H](C)C[C@H](C)C3)nc2)cc1C#N. The molecule has 2 N–H and O–H groups in total. The van der Waals surface area contributed by atoms with Crippen LogP contribution in [0, 0.1) is 23.2 Å². The molecule has 1 aromatic carbocycles. The van der Waals surface area contributed by atoms with Crippen molar-refractivity contribution in [2.45, 2.75) is 25.2 Å². The molecule has 148 valence electrons. The quantitative estimate of drug-likeness (QED) is 0.801. The maximum atomic E-state index is 12.7. The van der Waals surface area contributed by atoms with E-state index in [1.54, 1.807) is 19.2 Å². The molecule has 28 heavy (non-hydrogen) atoms. The minimum atomic E-state index is -3.81. The number of nitriles is 1. The van der Waals surface area contributed by atoms with E-state index in [9.17, 15) is 13.7 Å². The number of sulfonamides is 1. The summed E-state index contributed by atoms with van der Waals surface area (Å²) in [6, 6.07) is 9.96. The predicted octanol–water partition coefficient (Wildman–Crippen LogP) is 3.28. The highest BCUT2D eigenvalue weighted by molar-refractivity contribution is 7.92. The minimum Gasteiger partial charge on any atom is -0.387 e. The molecule has 0 radical (unpaired) electrons. The predicted molar refractivity (Wildman–Crippen MR) is 111 cm³/mol. The number of hydrogen-bond donors (Lipinski definition) is 2. The van der Waals surface area contributed by atoms with E-state index in [0.717, 1.165) is 18.9 Å².